The van der Waals surface area contributed by atoms with Crippen molar-refractivity contribution < 1.29 is 9.13 Å². The Labute approximate surface area is 80.0 Å². The molecule has 0 amide bonds. The molecule has 0 aliphatic rings. The maximum Gasteiger partial charge on any atom is 0.145 e. The van der Waals surface area contributed by atoms with E-state index in [9.17, 15) is 4.39 Å². The van der Waals surface area contributed by atoms with E-state index in [0.29, 0.717) is 11.3 Å². The minimum absolute atomic E-state index is 0.0609. The van der Waals surface area contributed by atoms with E-state index >= 15 is 0 Å². The fourth-order valence-electron chi connectivity index (χ4n) is 0.833. The molecule has 12 heavy (non-hydrogen) atoms. The Kier molecular flexibility index (Phi) is 3.18. The van der Waals surface area contributed by atoms with Gasteiger partial charge in [-0.05, 0) is 11.6 Å². The van der Waals surface area contributed by atoms with Crippen molar-refractivity contribution in [3.63, 3.8) is 0 Å². The lowest BCUT2D eigenvalue weighted by Crippen LogP contribution is -1.90. The van der Waals surface area contributed by atoms with E-state index in [-0.39, 0.29) is 10.9 Å². The lowest BCUT2D eigenvalue weighted by molar-refractivity contribution is 0.411. The highest BCUT2D eigenvalue weighted by Gasteiger charge is 2.07. The van der Waals surface area contributed by atoms with E-state index in [1.807, 2.05) is 0 Å². The van der Waals surface area contributed by atoms with Crippen LogP contribution in [0.15, 0.2) is 12.1 Å². The molecule has 0 aromatic heterocycles. The van der Waals surface area contributed by atoms with Gasteiger partial charge in [-0.15, -0.1) is 11.6 Å². The summed E-state index contributed by atoms with van der Waals surface area (Å²) in [4.78, 5) is 0. The summed E-state index contributed by atoms with van der Waals surface area (Å²) in [7, 11) is 1.46. The van der Waals surface area contributed by atoms with Crippen LogP contribution in [-0.4, -0.2) is 7.11 Å². The number of methoxy groups -OCH3 is 1. The van der Waals surface area contributed by atoms with E-state index in [1.54, 1.807) is 6.07 Å². The molecule has 0 radical (unpaired) electrons. The first kappa shape index (κ1) is 9.62. The molecule has 1 aromatic rings. The summed E-state index contributed by atoms with van der Waals surface area (Å²) in [6, 6.07) is 2.83. The van der Waals surface area contributed by atoms with Crippen LogP contribution in [0.2, 0.25) is 5.02 Å². The van der Waals surface area contributed by atoms with Crippen molar-refractivity contribution in [2.75, 3.05) is 7.11 Å². The van der Waals surface area contributed by atoms with Crippen molar-refractivity contribution in [2.45, 2.75) is 5.88 Å². The standard InChI is InChI=1S/C8H7Cl2FO/c1-12-6-2-5(4-9)8(10)7(11)3-6/h2-3H,4H2,1H3. The van der Waals surface area contributed by atoms with E-state index in [4.69, 9.17) is 27.9 Å². The molecule has 1 nitrogen and oxygen atoms in total. The van der Waals surface area contributed by atoms with Gasteiger partial charge in [0.2, 0.25) is 0 Å². The van der Waals surface area contributed by atoms with Crippen molar-refractivity contribution in [1.82, 2.24) is 0 Å². The Morgan fingerprint density at radius 2 is 2.17 bits per heavy atom. The van der Waals surface area contributed by atoms with Crippen molar-refractivity contribution in [3.05, 3.63) is 28.5 Å². The van der Waals surface area contributed by atoms with Crippen LogP contribution in [0.4, 0.5) is 4.39 Å². The molecule has 0 heterocycles. The maximum atomic E-state index is 12.9. The highest BCUT2D eigenvalue weighted by Crippen LogP contribution is 2.26. The Balaban J connectivity index is 3.19. The summed E-state index contributed by atoms with van der Waals surface area (Å²) in [5, 5.41) is 0.0609. The summed E-state index contributed by atoms with van der Waals surface area (Å²) in [5.41, 5.74) is 0.537. The lowest BCUT2D eigenvalue weighted by atomic mass is 10.2. The first-order chi connectivity index (χ1) is 5.69. The molecule has 0 aliphatic heterocycles. The SMILES string of the molecule is COc1cc(F)c(Cl)c(CCl)c1. The molecule has 0 aliphatic carbocycles. The van der Waals surface area contributed by atoms with Crippen LogP contribution < -0.4 is 4.74 Å². The topological polar surface area (TPSA) is 9.23 Å². The van der Waals surface area contributed by atoms with Gasteiger partial charge < -0.3 is 4.74 Å². The van der Waals surface area contributed by atoms with Gasteiger partial charge >= 0.3 is 0 Å². The van der Waals surface area contributed by atoms with Crippen LogP contribution in [-0.2, 0) is 5.88 Å². The summed E-state index contributed by atoms with van der Waals surface area (Å²) in [6.07, 6.45) is 0. The van der Waals surface area contributed by atoms with Gasteiger partial charge in [0.05, 0.1) is 12.1 Å². The van der Waals surface area contributed by atoms with Gasteiger partial charge in [0.25, 0.3) is 0 Å². The molecule has 1 aromatic carbocycles. The van der Waals surface area contributed by atoms with Crippen molar-refractivity contribution >= 4 is 23.2 Å². The predicted octanol–water partition coefficient (Wildman–Crippen LogP) is 3.23. The molecule has 0 fully saturated rings. The molecule has 0 atom stereocenters. The van der Waals surface area contributed by atoms with Gasteiger partial charge in [-0.2, -0.15) is 0 Å². The normalized spacial score (nSPS) is 10.0. The largest absolute Gasteiger partial charge is 0.497 e. The number of halogens is 3. The minimum Gasteiger partial charge on any atom is -0.497 e. The maximum absolute atomic E-state index is 12.9. The number of alkyl halides is 1. The lowest BCUT2D eigenvalue weighted by Gasteiger charge is -2.04. The van der Waals surface area contributed by atoms with Crippen LogP contribution in [0.3, 0.4) is 0 Å². The van der Waals surface area contributed by atoms with Crippen LogP contribution in [0.1, 0.15) is 5.56 Å². The molecule has 0 N–H and O–H groups in total. The van der Waals surface area contributed by atoms with Crippen LogP contribution >= 0.6 is 23.2 Å². The molecule has 1 rings (SSSR count). The summed E-state index contributed by atoms with van der Waals surface area (Å²) in [5.74, 6) is 0.0895. The number of hydrogen-bond donors (Lipinski definition) is 0. The first-order valence-corrected chi connectivity index (χ1v) is 4.18. The summed E-state index contributed by atoms with van der Waals surface area (Å²) >= 11 is 11.1. The molecule has 0 saturated heterocycles. The van der Waals surface area contributed by atoms with Crippen molar-refractivity contribution in [1.29, 1.82) is 0 Å². The Morgan fingerprint density at radius 1 is 1.50 bits per heavy atom. The van der Waals surface area contributed by atoms with Crippen LogP contribution in [0.25, 0.3) is 0 Å². The average molecular weight is 209 g/mol. The van der Waals surface area contributed by atoms with Gasteiger partial charge in [0, 0.05) is 11.9 Å². The third kappa shape index (κ3) is 1.82. The molecular weight excluding hydrogens is 202 g/mol. The highest BCUT2D eigenvalue weighted by molar-refractivity contribution is 6.32. The fraction of sp³-hybridized carbons (Fsp3) is 0.250. The quantitative estimate of drug-likeness (QED) is 0.679. The van der Waals surface area contributed by atoms with Gasteiger partial charge in [0.1, 0.15) is 11.6 Å². The van der Waals surface area contributed by atoms with E-state index in [2.05, 4.69) is 0 Å². The van der Waals surface area contributed by atoms with Gasteiger partial charge in [-0.25, -0.2) is 4.39 Å². The summed E-state index contributed by atoms with van der Waals surface area (Å²) in [6.45, 7) is 0. The number of rotatable bonds is 2. The van der Waals surface area contributed by atoms with Crippen LogP contribution in [0, 0.1) is 5.82 Å². The smallest absolute Gasteiger partial charge is 0.145 e. The molecule has 66 valence electrons. The van der Waals surface area contributed by atoms with Crippen molar-refractivity contribution in [3.8, 4) is 5.75 Å². The number of benzene rings is 1. The average Bonchev–Trinajstić information content (AvgIpc) is 2.09. The fourth-order valence-corrected chi connectivity index (χ4v) is 1.29. The van der Waals surface area contributed by atoms with Gasteiger partial charge in [0.15, 0.2) is 0 Å². The molecular formula is C8H7Cl2FO. The molecule has 0 bridgehead atoms. The van der Waals surface area contributed by atoms with Crippen LogP contribution in [0.5, 0.6) is 5.75 Å². The molecule has 0 spiro atoms. The Bertz CT molecular complexity index is 289. The van der Waals surface area contributed by atoms with Gasteiger partial charge in [-0.3, -0.25) is 0 Å². The molecule has 0 saturated carbocycles. The third-order valence-electron chi connectivity index (χ3n) is 1.46. The summed E-state index contributed by atoms with van der Waals surface area (Å²) < 4.78 is 17.8. The highest BCUT2D eigenvalue weighted by atomic mass is 35.5. The first-order valence-electron chi connectivity index (χ1n) is 3.27. The zero-order chi connectivity index (χ0) is 9.14. The van der Waals surface area contributed by atoms with Gasteiger partial charge in [-0.1, -0.05) is 11.6 Å². The Hall–Kier alpha value is -0.470. The second-order valence-electron chi connectivity index (χ2n) is 2.22. The number of hydrogen-bond acceptors (Lipinski definition) is 1. The zero-order valence-corrected chi connectivity index (χ0v) is 7.92. The predicted molar refractivity (Wildman–Crippen MR) is 47.5 cm³/mol. The third-order valence-corrected chi connectivity index (χ3v) is 2.17. The zero-order valence-electron chi connectivity index (χ0n) is 6.40. The minimum atomic E-state index is -0.508. The monoisotopic (exact) mass is 208 g/mol. The molecule has 4 heteroatoms. The van der Waals surface area contributed by atoms with E-state index in [0.717, 1.165) is 0 Å². The van der Waals surface area contributed by atoms with E-state index < -0.39 is 5.82 Å². The Morgan fingerprint density at radius 3 is 2.67 bits per heavy atom. The van der Waals surface area contributed by atoms with Crippen molar-refractivity contribution in [2.24, 2.45) is 0 Å². The second-order valence-corrected chi connectivity index (χ2v) is 2.86. The van der Waals surface area contributed by atoms with E-state index in [1.165, 1.54) is 13.2 Å². The second kappa shape index (κ2) is 3.97. The molecule has 0 unspecified atom stereocenters. The number of ether oxygens (including phenoxy) is 1.